The fraction of sp³-hybridized carbons (Fsp3) is 0.345. The third-order valence-electron chi connectivity index (χ3n) is 7.44. The number of carboxylic acids is 1. The molecule has 3 N–H and O–H groups in total. The maximum absolute atomic E-state index is 13.4. The van der Waals surface area contributed by atoms with Gasteiger partial charge in [-0.15, -0.1) is 0 Å². The van der Waals surface area contributed by atoms with Crippen LogP contribution < -0.4 is 5.32 Å². The fourth-order valence-corrected chi connectivity index (χ4v) is 8.55. The Kier molecular flexibility index (Phi) is 7.41. The third-order valence-corrected chi connectivity index (χ3v) is 10.7. The molecule has 0 saturated carbocycles. The molecule has 3 atom stereocenters. The lowest BCUT2D eigenvalue weighted by Gasteiger charge is -2.42. The molecule has 3 aromatic carbocycles. The number of fused-ring (bicyclic) bond motifs is 1. The number of thioether (sulfide) groups is 1. The summed E-state index contributed by atoms with van der Waals surface area (Å²) in [5.74, 6) is -0.592. The first-order chi connectivity index (χ1) is 18.1. The Balaban J connectivity index is 1.28. The second-order valence-corrected chi connectivity index (χ2v) is 14.0. The van der Waals surface area contributed by atoms with Crippen molar-refractivity contribution in [2.24, 2.45) is 0 Å². The molecule has 1 fully saturated rings. The van der Waals surface area contributed by atoms with Crippen LogP contribution in [0.25, 0.3) is 11.1 Å². The highest BCUT2D eigenvalue weighted by atomic mass is 32.2. The van der Waals surface area contributed by atoms with Gasteiger partial charge in [-0.1, -0.05) is 60.7 Å². The lowest BCUT2D eigenvalue weighted by atomic mass is 10.0. The monoisotopic (exact) mass is 552 g/mol. The van der Waals surface area contributed by atoms with E-state index in [0.717, 1.165) is 26.6 Å². The van der Waals surface area contributed by atoms with Crippen LogP contribution in [-0.2, 0) is 27.8 Å². The van der Waals surface area contributed by atoms with Crippen molar-refractivity contribution in [2.75, 3.05) is 12.3 Å². The van der Waals surface area contributed by atoms with Crippen molar-refractivity contribution in [3.05, 3.63) is 89.5 Å². The zero-order chi connectivity index (χ0) is 27.1. The largest absolute Gasteiger partial charge is 0.480 e. The molecule has 200 valence electrons. The second kappa shape index (κ2) is 10.5. The summed E-state index contributed by atoms with van der Waals surface area (Å²) in [6.45, 7) is 4.32. The molecular weight excluding hydrogens is 520 g/mol. The second-order valence-electron chi connectivity index (χ2n) is 10.4. The molecular formula is C29H32N2O5S2. The smallest absolute Gasteiger partial charge is 0.323 e. The first-order valence-corrected chi connectivity index (χ1v) is 15.1. The van der Waals surface area contributed by atoms with Gasteiger partial charge < -0.3 is 15.5 Å². The fourth-order valence-electron chi connectivity index (χ4n) is 5.45. The maximum Gasteiger partial charge on any atom is 0.323 e. The van der Waals surface area contributed by atoms with E-state index < -0.39 is 32.9 Å². The highest BCUT2D eigenvalue weighted by Crippen LogP contribution is 2.38. The molecule has 1 aliphatic heterocycles. The quantitative estimate of drug-likeness (QED) is 0.406. The number of aliphatic hydroxyl groups excluding tert-OH is 1. The van der Waals surface area contributed by atoms with E-state index in [-0.39, 0.29) is 17.5 Å². The van der Waals surface area contributed by atoms with Crippen molar-refractivity contribution < 1.29 is 23.4 Å². The van der Waals surface area contributed by atoms with Crippen molar-refractivity contribution in [1.82, 2.24) is 9.62 Å². The van der Waals surface area contributed by atoms with Gasteiger partial charge in [-0.25, -0.2) is 8.42 Å². The summed E-state index contributed by atoms with van der Waals surface area (Å²) in [7, 11) is -3.96. The normalized spacial score (nSPS) is 23.2. The van der Waals surface area contributed by atoms with Crippen LogP contribution in [-0.4, -0.2) is 58.1 Å². The minimum absolute atomic E-state index is 0.0893. The molecule has 1 saturated heterocycles. The van der Waals surface area contributed by atoms with Crippen molar-refractivity contribution in [3.63, 3.8) is 0 Å². The van der Waals surface area contributed by atoms with Crippen molar-refractivity contribution >= 4 is 27.8 Å². The van der Waals surface area contributed by atoms with E-state index in [1.807, 2.05) is 36.4 Å². The highest BCUT2D eigenvalue weighted by Gasteiger charge is 2.48. The highest BCUT2D eigenvalue weighted by molar-refractivity contribution is 8.00. The summed E-state index contributed by atoms with van der Waals surface area (Å²) in [6.07, 6.45) is 0.214. The molecule has 0 radical (unpaired) electrons. The first kappa shape index (κ1) is 26.9. The van der Waals surface area contributed by atoms with Crippen LogP contribution in [0.5, 0.6) is 0 Å². The van der Waals surface area contributed by atoms with Gasteiger partial charge in [-0.05, 0) is 53.8 Å². The summed E-state index contributed by atoms with van der Waals surface area (Å²) in [4.78, 5) is 12.1. The minimum Gasteiger partial charge on any atom is -0.480 e. The SMILES string of the molecule is CC1(C)SCCN(S(=O)(=O)c2ccc(-c3ccc(CN[C@H]4c5ccccc5CC4O)cc3)cc2)[C@H]1C(=O)O. The van der Waals surface area contributed by atoms with E-state index >= 15 is 0 Å². The Morgan fingerprint density at radius 3 is 2.32 bits per heavy atom. The lowest BCUT2D eigenvalue weighted by molar-refractivity contribution is -0.142. The third kappa shape index (κ3) is 5.13. The number of aliphatic hydroxyl groups is 1. The van der Waals surface area contributed by atoms with Gasteiger partial charge >= 0.3 is 5.97 Å². The molecule has 1 unspecified atom stereocenters. The van der Waals surface area contributed by atoms with Crippen molar-refractivity contribution in [3.8, 4) is 11.1 Å². The van der Waals surface area contributed by atoms with E-state index in [1.165, 1.54) is 17.3 Å². The zero-order valence-corrected chi connectivity index (χ0v) is 23.0. The molecule has 1 aliphatic carbocycles. The molecule has 0 bridgehead atoms. The van der Waals surface area contributed by atoms with Gasteiger partial charge in [0.2, 0.25) is 10.0 Å². The first-order valence-electron chi connectivity index (χ1n) is 12.7. The number of benzene rings is 3. The van der Waals surface area contributed by atoms with Crippen LogP contribution in [0.2, 0.25) is 0 Å². The van der Waals surface area contributed by atoms with E-state index in [0.29, 0.717) is 18.7 Å². The molecule has 0 spiro atoms. The van der Waals surface area contributed by atoms with Gasteiger partial charge in [0.05, 0.1) is 17.0 Å². The van der Waals surface area contributed by atoms with Crippen LogP contribution in [0, 0.1) is 0 Å². The maximum atomic E-state index is 13.4. The average molecular weight is 553 g/mol. The van der Waals surface area contributed by atoms with E-state index in [9.17, 15) is 23.4 Å². The van der Waals surface area contributed by atoms with Crippen LogP contribution >= 0.6 is 11.8 Å². The van der Waals surface area contributed by atoms with E-state index in [1.54, 1.807) is 38.1 Å². The molecule has 0 amide bonds. The Morgan fingerprint density at radius 2 is 1.66 bits per heavy atom. The number of aliphatic carboxylic acids is 1. The summed E-state index contributed by atoms with van der Waals surface area (Å²) < 4.78 is 27.2. The average Bonchev–Trinajstić information content (AvgIpc) is 3.21. The predicted molar refractivity (Wildman–Crippen MR) is 149 cm³/mol. The number of carbonyl (C=O) groups is 1. The predicted octanol–water partition coefficient (Wildman–Crippen LogP) is 4.07. The standard InChI is InChI=1S/C29H32N2O5S2/c1-29(2)27(28(33)34)31(15-16-37-29)38(35,36)23-13-11-21(12-14-23)20-9-7-19(8-10-20)18-30-26-24-6-4-3-5-22(24)17-25(26)32/h3-14,25-27,30,32H,15-18H2,1-2H3,(H,33,34)/t25?,26-,27-/m0/s1. The molecule has 1 heterocycles. The molecule has 38 heavy (non-hydrogen) atoms. The number of nitrogens with zero attached hydrogens (tertiary/aromatic N) is 1. The number of rotatable bonds is 7. The van der Waals surface area contributed by atoms with Gasteiger partial charge in [0.1, 0.15) is 6.04 Å². The van der Waals surface area contributed by atoms with Crippen LogP contribution in [0.4, 0.5) is 0 Å². The van der Waals surface area contributed by atoms with E-state index in [4.69, 9.17) is 0 Å². The summed E-state index contributed by atoms with van der Waals surface area (Å²) in [5, 5.41) is 23.7. The summed E-state index contributed by atoms with van der Waals surface area (Å²) in [5.41, 5.74) is 5.22. The Morgan fingerprint density at radius 1 is 1.03 bits per heavy atom. The summed E-state index contributed by atoms with van der Waals surface area (Å²) >= 11 is 1.48. The van der Waals surface area contributed by atoms with Gasteiger partial charge in [0.25, 0.3) is 0 Å². The van der Waals surface area contributed by atoms with Crippen LogP contribution in [0.15, 0.2) is 77.7 Å². The molecule has 5 rings (SSSR count). The lowest BCUT2D eigenvalue weighted by Crippen LogP contribution is -2.58. The minimum atomic E-state index is -3.96. The molecule has 9 heteroatoms. The number of carboxylic acid groups (broad SMARTS) is 1. The number of nitrogens with one attached hydrogen (secondary N) is 1. The molecule has 3 aromatic rings. The van der Waals surface area contributed by atoms with Gasteiger partial charge in [-0.3, -0.25) is 4.79 Å². The van der Waals surface area contributed by atoms with Gasteiger partial charge in [-0.2, -0.15) is 16.1 Å². The number of hydrogen-bond donors (Lipinski definition) is 3. The van der Waals surface area contributed by atoms with E-state index in [2.05, 4.69) is 17.4 Å². The van der Waals surface area contributed by atoms with Crippen molar-refractivity contribution in [1.29, 1.82) is 0 Å². The van der Waals surface area contributed by atoms with Crippen LogP contribution in [0.3, 0.4) is 0 Å². The molecule has 7 nitrogen and oxygen atoms in total. The summed E-state index contributed by atoms with van der Waals surface area (Å²) in [6, 6.07) is 21.5. The zero-order valence-electron chi connectivity index (χ0n) is 21.4. The Labute approximate surface area is 227 Å². The van der Waals surface area contributed by atoms with Gasteiger partial charge in [0.15, 0.2) is 0 Å². The van der Waals surface area contributed by atoms with Gasteiger partial charge in [0, 0.05) is 30.0 Å². The Hall–Kier alpha value is -2.69. The molecule has 2 aliphatic rings. The number of hydrogen-bond acceptors (Lipinski definition) is 6. The Bertz CT molecular complexity index is 1420. The molecule has 0 aromatic heterocycles. The van der Waals surface area contributed by atoms with Crippen molar-refractivity contribution in [2.45, 2.75) is 54.6 Å². The number of sulfonamides is 1. The van der Waals surface area contributed by atoms with Crippen LogP contribution in [0.1, 0.15) is 36.6 Å². The topological polar surface area (TPSA) is 107 Å².